The summed E-state index contributed by atoms with van der Waals surface area (Å²) >= 11 is 2.07. The van der Waals surface area contributed by atoms with Crippen LogP contribution >= 0.6 is 11.8 Å². The van der Waals surface area contributed by atoms with Crippen LogP contribution in [0, 0.1) is 0 Å². The fraction of sp³-hybridized carbons (Fsp3) is 0.600. The Hall–Kier alpha value is -0.610. The molecule has 0 spiro atoms. The Kier molecular flexibility index (Phi) is 3.77. The van der Waals surface area contributed by atoms with Crippen molar-refractivity contribution in [1.29, 1.82) is 0 Å². The lowest BCUT2D eigenvalue weighted by molar-refractivity contribution is 0.627. The molecular formula is C10H15N3S. The summed E-state index contributed by atoms with van der Waals surface area (Å²) < 4.78 is 0. The first kappa shape index (κ1) is 9.93. The van der Waals surface area contributed by atoms with Crippen LogP contribution in [0.4, 0.5) is 0 Å². The fourth-order valence-corrected chi connectivity index (χ4v) is 2.81. The van der Waals surface area contributed by atoms with E-state index >= 15 is 0 Å². The highest BCUT2D eigenvalue weighted by atomic mass is 32.2. The van der Waals surface area contributed by atoms with Gasteiger partial charge in [-0.3, -0.25) is 0 Å². The van der Waals surface area contributed by atoms with Crippen LogP contribution in [0.25, 0.3) is 0 Å². The molecular weight excluding hydrogens is 194 g/mol. The van der Waals surface area contributed by atoms with Crippen LogP contribution < -0.4 is 5.32 Å². The Morgan fingerprint density at radius 1 is 1.43 bits per heavy atom. The summed E-state index contributed by atoms with van der Waals surface area (Å²) in [6.07, 6.45) is 6.30. The zero-order chi connectivity index (χ0) is 9.64. The number of hydrogen-bond acceptors (Lipinski definition) is 4. The zero-order valence-corrected chi connectivity index (χ0v) is 8.96. The fourth-order valence-electron chi connectivity index (χ4n) is 1.57. The minimum absolute atomic E-state index is 0.790. The molecule has 1 aliphatic rings. The van der Waals surface area contributed by atoms with E-state index in [2.05, 4.69) is 27.0 Å². The van der Waals surface area contributed by atoms with Gasteiger partial charge in [0.05, 0.1) is 6.54 Å². The van der Waals surface area contributed by atoms with Gasteiger partial charge < -0.3 is 5.32 Å². The molecule has 2 rings (SSSR count). The second kappa shape index (κ2) is 5.32. The molecule has 0 aromatic carbocycles. The van der Waals surface area contributed by atoms with E-state index in [0.717, 1.165) is 24.2 Å². The van der Waals surface area contributed by atoms with Gasteiger partial charge in [0.1, 0.15) is 5.82 Å². The maximum absolute atomic E-state index is 4.16. The van der Waals surface area contributed by atoms with E-state index in [0.29, 0.717) is 0 Å². The third-order valence-corrected chi connectivity index (χ3v) is 3.70. The summed E-state index contributed by atoms with van der Waals surface area (Å²) in [5.41, 5.74) is 0. The molecule has 1 aromatic rings. The predicted molar refractivity (Wildman–Crippen MR) is 59.2 cm³/mol. The van der Waals surface area contributed by atoms with Crippen LogP contribution in [0.1, 0.15) is 18.7 Å². The van der Waals surface area contributed by atoms with Crippen molar-refractivity contribution in [3.63, 3.8) is 0 Å². The largest absolute Gasteiger partial charge is 0.309 e. The molecule has 76 valence electrons. The van der Waals surface area contributed by atoms with Gasteiger partial charge in [0.15, 0.2) is 0 Å². The van der Waals surface area contributed by atoms with Crippen molar-refractivity contribution in [2.24, 2.45) is 0 Å². The zero-order valence-electron chi connectivity index (χ0n) is 8.15. The standard InChI is InChI=1S/C10H15N3S/c1-3-9(14-6-1)7-11-8-10-12-4-2-5-13-10/h2,4-5,9,11H,1,3,6-8H2. The number of nitrogens with one attached hydrogen (secondary N) is 1. The van der Waals surface area contributed by atoms with Crippen molar-refractivity contribution in [3.8, 4) is 0 Å². The SMILES string of the molecule is c1cnc(CNCC2CCCS2)nc1. The molecule has 1 atom stereocenters. The topological polar surface area (TPSA) is 37.8 Å². The lowest BCUT2D eigenvalue weighted by atomic mass is 10.2. The van der Waals surface area contributed by atoms with Gasteiger partial charge in [-0.25, -0.2) is 9.97 Å². The van der Waals surface area contributed by atoms with Crippen LogP contribution in [-0.2, 0) is 6.54 Å². The second-order valence-electron chi connectivity index (χ2n) is 3.43. The van der Waals surface area contributed by atoms with Gasteiger partial charge in [0.2, 0.25) is 0 Å². The molecule has 3 nitrogen and oxygen atoms in total. The average Bonchev–Trinajstić information content (AvgIpc) is 2.72. The lowest BCUT2D eigenvalue weighted by Gasteiger charge is -2.08. The number of thioether (sulfide) groups is 1. The minimum atomic E-state index is 0.790. The molecule has 1 unspecified atom stereocenters. The maximum Gasteiger partial charge on any atom is 0.141 e. The number of aromatic nitrogens is 2. The normalized spacial score (nSPS) is 21.3. The van der Waals surface area contributed by atoms with Gasteiger partial charge in [-0.05, 0) is 24.7 Å². The second-order valence-corrected chi connectivity index (χ2v) is 4.84. The predicted octanol–water partition coefficient (Wildman–Crippen LogP) is 1.46. The van der Waals surface area contributed by atoms with Gasteiger partial charge in [0, 0.05) is 24.2 Å². The van der Waals surface area contributed by atoms with Crippen molar-refractivity contribution < 1.29 is 0 Å². The smallest absolute Gasteiger partial charge is 0.141 e. The Morgan fingerprint density at radius 3 is 3.00 bits per heavy atom. The van der Waals surface area contributed by atoms with Crippen LogP contribution in [0.3, 0.4) is 0 Å². The summed E-state index contributed by atoms with van der Waals surface area (Å²) in [6, 6.07) is 1.84. The first-order chi connectivity index (χ1) is 6.95. The average molecular weight is 209 g/mol. The molecule has 2 heterocycles. The van der Waals surface area contributed by atoms with E-state index in [-0.39, 0.29) is 0 Å². The molecule has 1 fully saturated rings. The highest BCUT2D eigenvalue weighted by molar-refractivity contribution is 8.00. The third-order valence-electron chi connectivity index (χ3n) is 2.30. The van der Waals surface area contributed by atoms with Crippen LogP contribution in [-0.4, -0.2) is 27.5 Å². The van der Waals surface area contributed by atoms with E-state index in [1.165, 1.54) is 18.6 Å². The Bertz CT molecular complexity index is 259. The maximum atomic E-state index is 4.16. The lowest BCUT2D eigenvalue weighted by Crippen LogP contribution is -2.23. The molecule has 0 radical (unpaired) electrons. The van der Waals surface area contributed by atoms with E-state index in [1.54, 1.807) is 12.4 Å². The molecule has 1 N–H and O–H groups in total. The molecule has 14 heavy (non-hydrogen) atoms. The minimum Gasteiger partial charge on any atom is -0.309 e. The Morgan fingerprint density at radius 2 is 2.29 bits per heavy atom. The van der Waals surface area contributed by atoms with Crippen molar-refractivity contribution in [3.05, 3.63) is 24.3 Å². The molecule has 0 aliphatic carbocycles. The number of hydrogen-bond donors (Lipinski definition) is 1. The van der Waals surface area contributed by atoms with Crippen molar-refractivity contribution >= 4 is 11.8 Å². The first-order valence-corrected chi connectivity index (χ1v) is 6.08. The van der Waals surface area contributed by atoms with E-state index < -0.39 is 0 Å². The molecule has 0 saturated carbocycles. The summed E-state index contributed by atoms with van der Waals surface area (Å²) in [7, 11) is 0. The van der Waals surface area contributed by atoms with Crippen molar-refractivity contribution in [1.82, 2.24) is 15.3 Å². The summed E-state index contributed by atoms with van der Waals surface area (Å²) in [5.74, 6) is 2.21. The van der Waals surface area contributed by atoms with Gasteiger partial charge in [0.25, 0.3) is 0 Å². The molecule has 1 saturated heterocycles. The molecule has 1 aromatic heterocycles. The Balaban J connectivity index is 1.67. The monoisotopic (exact) mass is 209 g/mol. The first-order valence-electron chi connectivity index (χ1n) is 5.03. The van der Waals surface area contributed by atoms with Gasteiger partial charge in [-0.2, -0.15) is 11.8 Å². The van der Waals surface area contributed by atoms with Crippen LogP contribution in [0.2, 0.25) is 0 Å². The number of nitrogens with zero attached hydrogens (tertiary/aromatic N) is 2. The quantitative estimate of drug-likeness (QED) is 0.814. The van der Waals surface area contributed by atoms with Crippen LogP contribution in [0.15, 0.2) is 18.5 Å². The molecule has 1 aliphatic heterocycles. The third kappa shape index (κ3) is 2.96. The van der Waals surface area contributed by atoms with Crippen molar-refractivity contribution in [2.45, 2.75) is 24.6 Å². The van der Waals surface area contributed by atoms with Gasteiger partial charge in [-0.1, -0.05) is 0 Å². The van der Waals surface area contributed by atoms with Crippen LogP contribution in [0.5, 0.6) is 0 Å². The van der Waals surface area contributed by atoms with Crippen molar-refractivity contribution in [2.75, 3.05) is 12.3 Å². The van der Waals surface area contributed by atoms with Gasteiger partial charge in [-0.15, -0.1) is 0 Å². The highest BCUT2D eigenvalue weighted by Gasteiger charge is 2.14. The number of rotatable bonds is 4. The van der Waals surface area contributed by atoms with Gasteiger partial charge >= 0.3 is 0 Å². The van der Waals surface area contributed by atoms with E-state index in [4.69, 9.17) is 0 Å². The van der Waals surface area contributed by atoms with E-state index in [9.17, 15) is 0 Å². The Labute approximate surface area is 88.7 Å². The molecule has 0 bridgehead atoms. The summed E-state index contributed by atoms with van der Waals surface area (Å²) in [5, 5.41) is 4.20. The van der Waals surface area contributed by atoms with E-state index in [1.807, 2.05) is 6.07 Å². The summed E-state index contributed by atoms with van der Waals surface area (Å²) in [6.45, 7) is 1.88. The highest BCUT2D eigenvalue weighted by Crippen LogP contribution is 2.25. The molecule has 4 heteroatoms. The summed E-state index contributed by atoms with van der Waals surface area (Å²) in [4.78, 5) is 8.32. The molecule has 0 amide bonds.